The van der Waals surface area contributed by atoms with Crippen molar-refractivity contribution < 1.29 is 22.8 Å². The molecule has 11 heteroatoms. The van der Waals surface area contributed by atoms with Crippen molar-refractivity contribution in [1.29, 1.82) is 0 Å². The molecule has 1 unspecified atom stereocenters. The van der Waals surface area contributed by atoms with Crippen LogP contribution in [0, 0.1) is 0 Å². The molecular formula is C19H11Cl3F3N3O2. The van der Waals surface area contributed by atoms with Crippen molar-refractivity contribution in [1.82, 2.24) is 9.72 Å². The maximum absolute atomic E-state index is 14.0. The van der Waals surface area contributed by atoms with Gasteiger partial charge in [0.25, 0.3) is 11.5 Å². The third-order valence-electron chi connectivity index (χ3n) is 4.70. The lowest BCUT2D eigenvalue weighted by Crippen LogP contribution is -2.44. The predicted molar refractivity (Wildman–Crippen MR) is 107 cm³/mol. The second kappa shape index (κ2) is 7.37. The zero-order chi connectivity index (χ0) is 21.7. The molecule has 2 aromatic heterocycles. The number of amides is 1. The third kappa shape index (κ3) is 3.38. The van der Waals surface area contributed by atoms with E-state index < -0.39 is 24.1 Å². The van der Waals surface area contributed by atoms with E-state index in [2.05, 4.69) is 10.5 Å². The van der Waals surface area contributed by atoms with Crippen molar-refractivity contribution in [2.45, 2.75) is 18.2 Å². The molecule has 1 aliphatic rings. The van der Waals surface area contributed by atoms with Crippen molar-refractivity contribution in [2.75, 3.05) is 0 Å². The van der Waals surface area contributed by atoms with Crippen LogP contribution in [-0.2, 0) is 10.4 Å². The molecule has 4 rings (SSSR count). The normalized spacial score (nSPS) is 18.9. The van der Waals surface area contributed by atoms with Gasteiger partial charge in [0, 0.05) is 18.0 Å². The zero-order valence-electron chi connectivity index (χ0n) is 14.8. The Bertz CT molecular complexity index is 1170. The number of hydrogen-bond donors (Lipinski definition) is 1. The summed E-state index contributed by atoms with van der Waals surface area (Å²) in [7, 11) is 0. The Morgan fingerprint density at radius 1 is 1.13 bits per heavy atom. The Morgan fingerprint density at radius 3 is 2.40 bits per heavy atom. The number of carbonyl (C=O) groups is 1. The van der Waals surface area contributed by atoms with E-state index in [0.717, 1.165) is 12.1 Å². The molecule has 1 aliphatic heterocycles. The number of fused-ring (bicyclic) bond motifs is 1. The van der Waals surface area contributed by atoms with E-state index in [-0.39, 0.29) is 32.0 Å². The molecule has 0 fully saturated rings. The molecule has 156 valence electrons. The number of hydrogen-bond acceptors (Lipinski definition) is 3. The summed E-state index contributed by atoms with van der Waals surface area (Å²) in [4.78, 5) is 17.5. The molecule has 0 spiro atoms. The van der Waals surface area contributed by atoms with E-state index in [1.807, 2.05) is 0 Å². The number of benzene rings is 1. The van der Waals surface area contributed by atoms with Crippen LogP contribution >= 0.6 is 34.8 Å². The molecule has 0 radical (unpaired) electrons. The van der Waals surface area contributed by atoms with Gasteiger partial charge in [0.1, 0.15) is 0 Å². The Labute approximate surface area is 183 Å². The highest BCUT2D eigenvalue weighted by Crippen LogP contribution is 2.49. The molecule has 30 heavy (non-hydrogen) atoms. The lowest BCUT2D eigenvalue weighted by atomic mass is 9.89. The number of oxime groups is 1. The van der Waals surface area contributed by atoms with Gasteiger partial charge in [-0.25, -0.2) is 0 Å². The van der Waals surface area contributed by atoms with Gasteiger partial charge >= 0.3 is 6.18 Å². The number of pyridine rings is 1. The largest absolute Gasteiger partial charge is 0.435 e. The molecule has 3 heterocycles. The van der Waals surface area contributed by atoms with E-state index in [9.17, 15) is 18.0 Å². The van der Waals surface area contributed by atoms with Gasteiger partial charge in [0.2, 0.25) is 0 Å². The standard InChI is InChI=1S/C19H11Cl3F3N3O2/c20-12-7-10(8-13(21)16(12)22)18(19(23,24)25)9-15(27-30-18)26-17(29)11-3-1-5-28-6-2-4-14(11)28/h1-8H,9H2,(H,26,27,29). The SMILES string of the molecule is O=C(NC1=NOC(c2cc(Cl)c(Cl)c(Cl)c2)(C(F)(F)F)C1)c1cccn2cccc12. The number of rotatable bonds is 2. The van der Waals surface area contributed by atoms with Gasteiger partial charge in [0.15, 0.2) is 5.84 Å². The fourth-order valence-electron chi connectivity index (χ4n) is 3.22. The average Bonchev–Trinajstić information content (AvgIpc) is 3.32. The monoisotopic (exact) mass is 475 g/mol. The highest BCUT2D eigenvalue weighted by Gasteiger charge is 2.62. The molecule has 1 aromatic carbocycles. The summed E-state index contributed by atoms with van der Waals surface area (Å²) in [5, 5.41) is 5.48. The first kappa shape index (κ1) is 20.8. The number of nitrogens with one attached hydrogen (secondary N) is 1. The molecule has 0 bridgehead atoms. The van der Waals surface area contributed by atoms with Crippen LogP contribution in [0.4, 0.5) is 13.2 Å². The van der Waals surface area contributed by atoms with Gasteiger partial charge < -0.3 is 14.6 Å². The first-order chi connectivity index (χ1) is 14.1. The summed E-state index contributed by atoms with van der Waals surface area (Å²) in [6.07, 6.45) is -2.18. The minimum atomic E-state index is -4.88. The van der Waals surface area contributed by atoms with Gasteiger partial charge in [-0.15, -0.1) is 0 Å². The average molecular weight is 477 g/mol. The minimum Gasteiger partial charge on any atom is -0.372 e. The van der Waals surface area contributed by atoms with Gasteiger partial charge in [-0.1, -0.05) is 40.0 Å². The molecule has 0 saturated heterocycles. The summed E-state index contributed by atoms with van der Waals surface area (Å²) in [5.74, 6) is -0.903. The summed E-state index contributed by atoms with van der Waals surface area (Å²) in [6.45, 7) is 0. The van der Waals surface area contributed by atoms with Crippen LogP contribution in [0.2, 0.25) is 15.1 Å². The molecule has 5 nitrogen and oxygen atoms in total. The molecular weight excluding hydrogens is 466 g/mol. The molecule has 3 aromatic rings. The van der Waals surface area contributed by atoms with E-state index in [1.165, 1.54) is 0 Å². The van der Waals surface area contributed by atoms with Crippen molar-refractivity contribution in [3.8, 4) is 0 Å². The fourth-order valence-corrected chi connectivity index (χ4v) is 3.82. The van der Waals surface area contributed by atoms with Gasteiger partial charge in [-0.3, -0.25) is 4.79 Å². The summed E-state index contributed by atoms with van der Waals surface area (Å²) < 4.78 is 43.8. The number of alkyl halides is 3. The van der Waals surface area contributed by atoms with E-state index in [0.29, 0.717) is 5.52 Å². The first-order valence-corrected chi connectivity index (χ1v) is 9.59. The summed E-state index contributed by atoms with van der Waals surface area (Å²) in [5.41, 5.74) is -2.38. The predicted octanol–water partition coefficient (Wildman–Crippen LogP) is 5.82. The molecule has 0 aliphatic carbocycles. The van der Waals surface area contributed by atoms with Crippen LogP contribution in [0.25, 0.3) is 5.52 Å². The third-order valence-corrected chi connectivity index (χ3v) is 5.90. The highest BCUT2D eigenvalue weighted by molar-refractivity contribution is 6.48. The van der Waals surface area contributed by atoms with Crippen LogP contribution in [-0.4, -0.2) is 22.3 Å². The number of carbonyl (C=O) groups excluding carboxylic acids is 1. The van der Waals surface area contributed by atoms with Gasteiger partial charge in [-0.05, 0) is 36.4 Å². The maximum atomic E-state index is 14.0. The van der Waals surface area contributed by atoms with Crippen molar-refractivity contribution in [3.63, 3.8) is 0 Å². The van der Waals surface area contributed by atoms with E-state index >= 15 is 0 Å². The summed E-state index contributed by atoms with van der Waals surface area (Å²) in [6, 6.07) is 8.68. The zero-order valence-corrected chi connectivity index (χ0v) is 17.1. The lowest BCUT2D eigenvalue weighted by molar-refractivity contribution is -0.275. The Kier molecular flexibility index (Phi) is 5.12. The molecule has 0 saturated carbocycles. The fraction of sp³-hybridized carbons (Fsp3) is 0.158. The van der Waals surface area contributed by atoms with Crippen LogP contribution in [0.5, 0.6) is 0 Å². The van der Waals surface area contributed by atoms with E-state index in [4.69, 9.17) is 39.6 Å². The number of amidine groups is 1. The molecule has 1 amide bonds. The number of halogens is 6. The van der Waals surface area contributed by atoms with Crippen molar-refractivity contribution >= 4 is 52.1 Å². The highest BCUT2D eigenvalue weighted by atomic mass is 35.5. The quantitative estimate of drug-likeness (QED) is 0.474. The number of aromatic nitrogens is 1. The minimum absolute atomic E-state index is 0.0767. The second-order valence-electron chi connectivity index (χ2n) is 6.56. The van der Waals surface area contributed by atoms with Gasteiger partial charge in [0.05, 0.1) is 32.6 Å². The smallest absolute Gasteiger partial charge is 0.372 e. The van der Waals surface area contributed by atoms with Crippen LogP contribution < -0.4 is 5.32 Å². The summed E-state index contributed by atoms with van der Waals surface area (Å²) >= 11 is 17.7. The maximum Gasteiger partial charge on any atom is 0.435 e. The van der Waals surface area contributed by atoms with Crippen molar-refractivity contribution in [3.05, 3.63) is 75.0 Å². The molecule has 1 N–H and O–H groups in total. The topological polar surface area (TPSA) is 55.1 Å². The van der Waals surface area contributed by atoms with Crippen LogP contribution in [0.1, 0.15) is 22.3 Å². The lowest BCUT2D eigenvalue weighted by Gasteiger charge is -2.29. The molecule has 1 atom stereocenters. The van der Waals surface area contributed by atoms with Crippen LogP contribution in [0.3, 0.4) is 0 Å². The second-order valence-corrected chi connectivity index (χ2v) is 7.75. The first-order valence-electron chi connectivity index (χ1n) is 8.46. The Balaban J connectivity index is 1.64. The van der Waals surface area contributed by atoms with Gasteiger partial charge in [-0.2, -0.15) is 13.2 Å². The van der Waals surface area contributed by atoms with Crippen molar-refractivity contribution in [2.24, 2.45) is 5.16 Å². The number of nitrogens with zero attached hydrogens (tertiary/aromatic N) is 2. The van der Waals surface area contributed by atoms with Crippen LogP contribution in [0.15, 0.2) is 53.9 Å². The Hall–Kier alpha value is -2.42. The van der Waals surface area contributed by atoms with E-state index in [1.54, 1.807) is 41.1 Å². The Morgan fingerprint density at radius 2 is 1.77 bits per heavy atom.